The van der Waals surface area contributed by atoms with Gasteiger partial charge < -0.3 is 9.80 Å². The smallest absolute Gasteiger partial charge is 0.0988 e. The normalized spacial score (nSPS) is 30.6. The maximum Gasteiger partial charge on any atom is 0.0988 e. The first-order valence-electron chi connectivity index (χ1n) is 20.1. The molecule has 0 radical (unpaired) electrons. The van der Waals surface area contributed by atoms with Crippen molar-refractivity contribution in [1.82, 2.24) is 9.80 Å². The van der Waals surface area contributed by atoms with E-state index in [2.05, 4.69) is 133 Å². The van der Waals surface area contributed by atoms with Gasteiger partial charge >= 0.3 is 0 Å². The van der Waals surface area contributed by atoms with E-state index in [1.807, 2.05) is 6.08 Å². The van der Waals surface area contributed by atoms with Gasteiger partial charge in [0.05, 0.1) is 30.1 Å². The summed E-state index contributed by atoms with van der Waals surface area (Å²) >= 11 is 0. The molecule has 0 saturated heterocycles. The quantitative estimate of drug-likeness (QED) is 0.278. The summed E-state index contributed by atoms with van der Waals surface area (Å²) in [6.07, 6.45) is 51.0. The molecule has 9 rings (SSSR count). The first-order valence-corrected chi connectivity index (χ1v) is 20.1. The van der Waals surface area contributed by atoms with Gasteiger partial charge in [-0.2, -0.15) is 10.5 Å². The van der Waals surface area contributed by atoms with Gasteiger partial charge in [-0.15, -0.1) is 0 Å². The third-order valence-corrected chi connectivity index (χ3v) is 13.4. The average molecular weight is 695 g/mol. The van der Waals surface area contributed by atoms with Crippen molar-refractivity contribution in [3.05, 3.63) is 165 Å². The molecule has 5 unspecified atom stereocenters. The molecule has 0 aromatic rings. The number of nitriles is 2. The molecule has 0 aromatic heterocycles. The zero-order valence-corrected chi connectivity index (χ0v) is 31.3. The molecule has 5 atom stereocenters. The van der Waals surface area contributed by atoms with Gasteiger partial charge in [0.25, 0.3) is 0 Å². The van der Waals surface area contributed by atoms with Crippen LogP contribution >= 0.6 is 0 Å². The minimum atomic E-state index is -0.0511. The number of hydrogen-bond donors (Lipinski definition) is 0. The van der Waals surface area contributed by atoms with E-state index in [9.17, 15) is 10.5 Å². The number of fused-ring (bicyclic) bond motifs is 3. The lowest BCUT2D eigenvalue weighted by Gasteiger charge is -2.42. The van der Waals surface area contributed by atoms with Crippen molar-refractivity contribution in [2.24, 2.45) is 23.2 Å². The Kier molecular flexibility index (Phi) is 8.75. The standard InChI is InChI=1S/C49H50N4/c1-49(2)47-29-43(52(39-17-11-33(31-50)12-18-39)41-21-15-35-7-3-5-9-37(35)27-41)23-25-45(47)46-26-24-44(30-48(46)49)53(40-19-13-34(32-51)14-20-40)42-22-16-36-8-4-6-10-38(36)28-42/h5-6,9-13,16-17,19-22,24,26-27,29,34-35,39,42,48H,3-4,7-8,14-15,18,23,25,28,30H2,1-2H3. The molecule has 9 aliphatic rings. The van der Waals surface area contributed by atoms with Crippen LogP contribution in [0.4, 0.5) is 0 Å². The van der Waals surface area contributed by atoms with Gasteiger partial charge in [-0.3, -0.25) is 0 Å². The third-order valence-electron chi connectivity index (χ3n) is 13.4. The van der Waals surface area contributed by atoms with Crippen LogP contribution in [0.5, 0.6) is 0 Å². The Morgan fingerprint density at radius 3 is 2.38 bits per heavy atom. The zero-order chi connectivity index (χ0) is 36.1. The molecule has 0 amide bonds. The molecule has 9 aliphatic carbocycles. The van der Waals surface area contributed by atoms with Gasteiger partial charge in [0, 0.05) is 28.4 Å². The van der Waals surface area contributed by atoms with E-state index in [4.69, 9.17) is 0 Å². The maximum absolute atomic E-state index is 9.65. The second-order valence-corrected chi connectivity index (χ2v) is 16.7. The van der Waals surface area contributed by atoms with Gasteiger partial charge in [0.2, 0.25) is 0 Å². The highest BCUT2D eigenvalue weighted by molar-refractivity contribution is 5.59. The lowest BCUT2D eigenvalue weighted by Crippen LogP contribution is -2.37. The molecule has 0 bridgehead atoms. The highest BCUT2D eigenvalue weighted by Gasteiger charge is 2.47. The van der Waals surface area contributed by atoms with Crippen LogP contribution in [0.2, 0.25) is 0 Å². The SMILES string of the molecule is CC1(C)C2=C(CCC(N(C3=CCC4CCC=CC4=C3)C3C=CC(C#N)=CC3)=C2)C2=CC=C(N(C3=CCC(C#N)C=C3)C3C=CC4=C(C=CCC4)C3)CC21. The van der Waals surface area contributed by atoms with Gasteiger partial charge in [-0.1, -0.05) is 86.8 Å². The Morgan fingerprint density at radius 1 is 0.717 bits per heavy atom. The average Bonchev–Trinajstić information content (AvgIpc) is 3.43. The topological polar surface area (TPSA) is 54.1 Å². The monoisotopic (exact) mass is 694 g/mol. The largest absolute Gasteiger partial charge is 0.338 e. The summed E-state index contributed by atoms with van der Waals surface area (Å²) in [5.41, 5.74) is 15.1. The van der Waals surface area contributed by atoms with Crippen molar-refractivity contribution in [3.8, 4) is 12.1 Å². The summed E-state index contributed by atoms with van der Waals surface area (Å²) in [6, 6.07) is 5.24. The van der Waals surface area contributed by atoms with Crippen molar-refractivity contribution in [2.75, 3.05) is 0 Å². The molecule has 0 aliphatic heterocycles. The van der Waals surface area contributed by atoms with Crippen molar-refractivity contribution >= 4 is 0 Å². The van der Waals surface area contributed by atoms with Crippen molar-refractivity contribution in [3.63, 3.8) is 0 Å². The molecule has 4 heteroatoms. The number of hydrogen-bond acceptors (Lipinski definition) is 4. The minimum absolute atomic E-state index is 0.0243. The highest BCUT2D eigenvalue weighted by Crippen LogP contribution is 2.58. The van der Waals surface area contributed by atoms with E-state index >= 15 is 0 Å². The fourth-order valence-corrected chi connectivity index (χ4v) is 10.4. The van der Waals surface area contributed by atoms with E-state index in [-0.39, 0.29) is 23.4 Å². The third kappa shape index (κ3) is 6.07. The van der Waals surface area contributed by atoms with Gasteiger partial charge in [0.1, 0.15) is 0 Å². The second kappa shape index (κ2) is 13.7. The summed E-state index contributed by atoms with van der Waals surface area (Å²) in [4.78, 5) is 5.22. The van der Waals surface area contributed by atoms with E-state index in [1.165, 1.54) is 63.5 Å². The predicted octanol–water partition coefficient (Wildman–Crippen LogP) is 11.4. The van der Waals surface area contributed by atoms with Gasteiger partial charge in [-0.05, 0) is 152 Å². The lowest BCUT2D eigenvalue weighted by atomic mass is 9.72. The number of nitrogens with zero attached hydrogens (tertiary/aromatic N) is 4. The number of rotatable bonds is 6. The lowest BCUT2D eigenvalue weighted by molar-refractivity contribution is 0.281. The maximum atomic E-state index is 9.65. The van der Waals surface area contributed by atoms with Crippen molar-refractivity contribution < 1.29 is 0 Å². The van der Waals surface area contributed by atoms with E-state index in [0.29, 0.717) is 11.8 Å². The molecular weight excluding hydrogens is 645 g/mol. The van der Waals surface area contributed by atoms with E-state index < -0.39 is 0 Å². The van der Waals surface area contributed by atoms with Gasteiger partial charge in [-0.25, -0.2) is 0 Å². The highest BCUT2D eigenvalue weighted by atomic mass is 15.2. The summed E-state index contributed by atoms with van der Waals surface area (Å²) in [6.45, 7) is 4.96. The Morgan fingerprint density at radius 2 is 1.57 bits per heavy atom. The fourth-order valence-electron chi connectivity index (χ4n) is 10.4. The molecule has 0 saturated carbocycles. The summed E-state index contributed by atoms with van der Waals surface area (Å²) in [5.74, 6) is 0.979. The van der Waals surface area contributed by atoms with Crippen molar-refractivity contribution in [2.45, 2.75) is 96.6 Å². The van der Waals surface area contributed by atoms with Gasteiger partial charge in [0.15, 0.2) is 0 Å². The molecule has 0 N–H and O–H groups in total. The van der Waals surface area contributed by atoms with Crippen LogP contribution in [0, 0.1) is 45.8 Å². The number of allylic oxidation sites excluding steroid dienone is 22. The van der Waals surface area contributed by atoms with Crippen LogP contribution in [0.25, 0.3) is 0 Å². The molecular formula is C49H50N4. The van der Waals surface area contributed by atoms with Crippen LogP contribution in [-0.2, 0) is 0 Å². The molecule has 266 valence electrons. The zero-order valence-electron chi connectivity index (χ0n) is 31.3. The first kappa shape index (κ1) is 33.8. The van der Waals surface area contributed by atoms with Crippen LogP contribution in [0.3, 0.4) is 0 Å². The van der Waals surface area contributed by atoms with Crippen molar-refractivity contribution in [1.29, 1.82) is 10.5 Å². The van der Waals surface area contributed by atoms with E-state index in [0.717, 1.165) is 63.4 Å². The molecule has 0 aromatic carbocycles. The summed E-state index contributed by atoms with van der Waals surface area (Å²) in [7, 11) is 0. The van der Waals surface area contributed by atoms with Crippen LogP contribution in [0.15, 0.2) is 165 Å². The second-order valence-electron chi connectivity index (χ2n) is 16.7. The van der Waals surface area contributed by atoms with Crippen LogP contribution in [0.1, 0.15) is 84.5 Å². The molecule has 4 nitrogen and oxygen atoms in total. The summed E-state index contributed by atoms with van der Waals surface area (Å²) in [5, 5.41) is 19.3. The molecule has 0 spiro atoms. The molecule has 0 heterocycles. The Balaban J connectivity index is 1.05. The predicted molar refractivity (Wildman–Crippen MR) is 214 cm³/mol. The molecule has 53 heavy (non-hydrogen) atoms. The Labute approximate surface area is 316 Å². The van der Waals surface area contributed by atoms with E-state index in [1.54, 1.807) is 5.57 Å². The minimum Gasteiger partial charge on any atom is -0.338 e. The first-order chi connectivity index (χ1) is 25.9. The van der Waals surface area contributed by atoms with Crippen LogP contribution in [-0.4, -0.2) is 21.9 Å². The summed E-state index contributed by atoms with van der Waals surface area (Å²) < 4.78 is 0. The fraction of sp³-hybridized carbons (Fsp3) is 0.388. The van der Waals surface area contributed by atoms with Crippen LogP contribution < -0.4 is 0 Å². The molecule has 0 fully saturated rings. The Bertz CT molecular complexity index is 2140. The Hall–Kier alpha value is -5.06.